The van der Waals surface area contributed by atoms with Crippen LogP contribution in [0.3, 0.4) is 0 Å². The molecule has 0 amide bonds. The molecule has 0 saturated heterocycles. The van der Waals surface area contributed by atoms with Gasteiger partial charge in [0.2, 0.25) is 0 Å². The van der Waals surface area contributed by atoms with E-state index >= 15 is 0 Å². The van der Waals surface area contributed by atoms with Crippen molar-refractivity contribution < 1.29 is 14.3 Å². The summed E-state index contributed by atoms with van der Waals surface area (Å²) in [5.74, 6) is 0.331. The minimum Gasteiger partial charge on any atom is -0.493 e. The van der Waals surface area contributed by atoms with E-state index in [-0.39, 0.29) is 0 Å². The van der Waals surface area contributed by atoms with Crippen molar-refractivity contribution in [3.63, 3.8) is 0 Å². The molecule has 5 nitrogen and oxygen atoms in total. The van der Waals surface area contributed by atoms with Gasteiger partial charge in [-0.1, -0.05) is 6.92 Å². The molecule has 2 rings (SSSR count). The lowest BCUT2D eigenvalue weighted by molar-refractivity contribution is 0.0603. The molecule has 0 radical (unpaired) electrons. The summed E-state index contributed by atoms with van der Waals surface area (Å²) >= 11 is 0. The highest BCUT2D eigenvalue weighted by molar-refractivity contribution is 5.96. The Morgan fingerprint density at radius 2 is 2.35 bits per heavy atom. The first kappa shape index (κ1) is 11.4. The van der Waals surface area contributed by atoms with Gasteiger partial charge in [0.1, 0.15) is 11.3 Å². The Morgan fingerprint density at radius 1 is 1.53 bits per heavy atom. The molecule has 0 aromatic carbocycles. The topological polar surface area (TPSA) is 52.8 Å². The first-order chi connectivity index (χ1) is 8.26. The number of nitrogens with zero attached hydrogens (tertiary/aromatic N) is 2. The van der Waals surface area contributed by atoms with E-state index in [9.17, 15) is 4.79 Å². The lowest BCUT2D eigenvalue weighted by Crippen LogP contribution is -2.01. The molecule has 2 aromatic heterocycles. The fourth-order valence-electron chi connectivity index (χ4n) is 1.54. The van der Waals surface area contributed by atoms with Gasteiger partial charge in [-0.2, -0.15) is 5.10 Å². The third-order valence-electron chi connectivity index (χ3n) is 2.37. The van der Waals surface area contributed by atoms with Crippen LogP contribution in [-0.4, -0.2) is 29.3 Å². The van der Waals surface area contributed by atoms with E-state index < -0.39 is 5.97 Å². The van der Waals surface area contributed by atoms with E-state index in [4.69, 9.17) is 9.47 Å². The summed E-state index contributed by atoms with van der Waals surface area (Å²) in [5, 5.41) is 4.07. The smallest absolute Gasteiger partial charge is 0.341 e. The summed E-state index contributed by atoms with van der Waals surface area (Å²) in [7, 11) is 1.35. The van der Waals surface area contributed by atoms with Crippen LogP contribution >= 0.6 is 0 Å². The summed E-state index contributed by atoms with van der Waals surface area (Å²) in [5.41, 5.74) is 1.12. The van der Waals surface area contributed by atoms with E-state index in [1.807, 2.05) is 13.0 Å². The van der Waals surface area contributed by atoms with E-state index in [1.54, 1.807) is 16.8 Å². The Morgan fingerprint density at radius 3 is 3.06 bits per heavy atom. The Kier molecular flexibility index (Phi) is 3.27. The Bertz CT molecular complexity index is 534. The SMILES string of the molecule is CCCOc1ccn2ncc(C(=O)OC)c2c1. The van der Waals surface area contributed by atoms with Gasteiger partial charge in [-0.25, -0.2) is 9.31 Å². The zero-order chi connectivity index (χ0) is 12.3. The lowest BCUT2D eigenvalue weighted by Gasteiger charge is -2.05. The molecule has 0 spiro atoms. The molecule has 0 N–H and O–H groups in total. The highest BCUT2D eigenvalue weighted by atomic mass is 16.5. The predicted molar refractivity (Wildman–Crippen MR) is 62.3 cm³/mol. The Balaban J connectivity index is 2.39. The standard InChI is InChI=1S/C12H14N2O3/c1-3-6-17-9-4-5-14-11(7-9)10(8-13-14)12(15)16-2/h4-5,7-8H,3,6H2,1-2H3. The van der Waals surface area contributed by atoms with Crippen LogP contribution in [0.4, 0.5) is 0 Å². The molecule has 5 heteroatoms. The van der Waals surface area contributed by atoms with E-state index in [0.717, 1.165) is 12.2 Å². The van der Waals surface area contributed by atoms with Crippen molar-refractivity contribution in [1.29, 1.82) is 0 Å². The molecule has 0 aliphatic heterocycles. The van der Waals surface area contributed by atoms with Crippen LogP contribution in [-0.2, 0) is 4.74 Å². The molecule has 90 valence electrons. The maximum absolute atomic E-state index is 11.5. The van der Waals surface area contributed by atoms with Gasteiger partial charge in [-0.15, -0.1) is 0 Å². The van der Waals surface area contributed by atoms with Crippen molar-refractivity contribution >= 4 is 11.5 Å². The fourth-order valence-corrected chi connectivity index (χ4v) is 1.54. The summed E-state index contributed by atoms with van der Waals surface area (Å²) in [6.45, 7) is 2.69. The second kappa shape index (κ2) is 4.86. The Hall–Kier alpha value is -2.04. The number of hydrogen-bond acceptors (Lipinski definition) is 4. The van der Waals surface area contributed by atoms with Crippen LogP contribution in [0, 0.1) is 0 Å². The van der Waals surface area contributed by atoms with Crippen molar-refractivity contribution in [2.75, 3.05) is 13.7 Å². The molecular weight excluding hydrogens is 220 g/mol. The largest absolute Gasteiger partial charge is 0.493 e. The number of rotatable bonds is 4. The van der Waals surface area contributed by atoms with Gasteiger partial charge < -0.3 is 9.47 Å². The maximum Gasteiger partial charge on any atom is 0.341 e. The van der Waals surface area contributed by atoms with Crippen molar-refractivity contribution in [1.82, 2.24) is 9.61 Å². The second-order valence-electron chi connectivity index (χ2n) is 3.59. The highest BCUT2D eigenvalue weighted by Gasteiger charge is 2.13. The van der Waals surface area contributed by atoms with Crippen molar-refractivity contribution in [2.24, 2.45) is 0 Å². The van der Waals surface area contributed by atoms with Crippen LogP contribution in [0.2, 0.25) is 0 Å². The average molecular weight is 234 g/mol. The first-order valence-electron chi connectivity index (χ1n) is 5.44. The lowest BCUT2D eigenvalue weighted by atomic mass is 10.2. The third-order valence-corrected chi connectivity index (χ3v) is 2.37. The summed E-state index contributed by atoms with van der Waals surface area (Å²) < 4.78 is 11.8. The molecule has 0 aliphatic carbocycles. The van der Waals surface area contributed by atoms with Crippen LogP contribution in [0.25, 0.3) is 5.52 Å². The average Bonchev–Trinajstić information content (AvgIpc) is 2.78. The second-order valence-corrected chi connectivity index (χ2v) is 3.59. The number of fused-ring (bicyclic) bond motifs is 1. The number of ether oxygens (including phenoxy) is 2. The van der Waals surface area contributed by atoms with Gasteiger partial charge >= 0.3 is 5.97 Å². The number of methoxy groups -OCH3 is 1. The highest BCUT2D eigenvalue weighted by Crippen LogP contribution is 2.18. The van der Waals surface area contributed by atoms with E-state index in [0.29, 0.717) is 17.7 Å². The van der Waals surface area contributed by atoms with Gasteiger partial charge in [0.25, 0.3) is 0 Å². The number of hydrogen-bond donors (Lipinski definition) is 0. The number of aromatic nitrogens is 2. The van der Waals surface area contributed by atoms with Crippen LogP contribution < -0.4 is 4.74 Å². The van der Waals surface area contributed by atoms with Crippen LogP contribution in [0.5, 0.6) is 5.75 Å². The number of carbonyl (C=O) groups excluding carboxylic acids is 1. The zero-order valence-corrected chi connectivity index (χ0v) is 9.84. The molecular formula is C12H14N2O3. The third kappa shape index (κ3) is 2.22. The molecule has 0 fully saturated rings. The Labute approximate surface area is 99.0 Å². The van der Waals surface area contributed by atoms with Crippen molar-refractivity contribution in [3.05, 3.63) is 30.1 Å². The minimum absolute atomic E-state index is 0.396. The quantitative estimate of drug-likeness (QED) is 0.758. The molecule has 0 saturated carbocycles. The molecule has 0 bridgehead atoms. The molecule has 17 heavy (non-hydrogen) atoms. The fraction of sp³-hybridized carbons (Fsp3) is 0.333. The number of esters is 1. The predicted octanol–water partition coefficient (Wildman–Crippen LogP) is 1.91. The maximum atomic E-state index is 11.5. The van der Waals surface area contributed by atoms with Gasteiger partial charge in [0.15, 0.2) is 0 Å². The van der Waals surface area contributed by atoms with Crippen molar-refractivity contribution in [2.45, 2.75) is 13.3 Å². The van der Waals surface area contributed by atoms with Crippen molar-refractivity contribution in [3.8, 4) is 5.75 Å². The minimum atomic E-state index is -0.396. The number of pyridine rings is 1. The van der Waals surface area contributed by atoms with E-state index in [2.05, 4.69) is 5.10 Å². The molecule has 0 unspecified atom stereocenters. The summed E-state index contributed by atoms with van der Waals surface area (Å²) in [6.07, 6.45) is 4.19. The summed E-state index contributed by atoms with van der Waals surface area (Å²) in [4.78, 5) is 11.5. The normalized spacial score (nSPS) is 10.5. The first-order valence-corrected chi connectivity index (χ1v) is 5.44. The van der Waals surface area contributed by atoms with Crippen LogP contribution in [0.1, 0.15) is 23.7 Å². The van der Waals surface area contributed by atoms with Gasteiger partial charge in [0, 0.05) is 12.3 Å². The van der Waals surface area contributed by atoms with Gasteiger partial charge in [-0.3, -0.25) is 0 Å². The molecule has 0 atom stereocenters. The number of carbonyl (C=O) groups is 1. The van der Waals surface area contributed by atoms with Crippen LogP contribution in [0.15, 0.2) is 24.5 Å². The summed E-state index contributed by atoms with van der Waals surface area (Å²) in [6, 6.07) is 3.60. The monoisotopic (exact) mass is 234 g/mol. The van der Waals surface area contributed by atoms with Gasteiger partial charge in [0.05, 0.1) is 25.4 Å². The molecule has 2 aromatic rings. The molecule has 2 heterocycles. The molecule has 0 aliphatic rings. The zero-order valence-electron chi connectivity index (χ0n) is 9.84. The van der Waals surface area contributed by atoms with E-state index in [1.165, 1.54) is 13.3 Å². The van der Waals surface area contributed by atoms with Gasteiger partial charge in [-0.05, 0) is 12.5 Å².